The van der Waals surface area contributed by atoms with Crippen LogP contribution in [0.5, 0.6) is 5.75 Å². The Kier molecular flexibility index (Phi) is 8.96. The Morgan fingerprint density at radius 2 is 1.86 bits per heavy atom. The number of thiophene rings is 1. The van der Waals surface area contributed by atoms with Crippen molar-refractivity contribution in [3.8, 4) is 5.75 Å². The summed E-state index contributed by atoms with van der Waals surface area (Å²) in [6, 6.07) is 12.3. The summed E-state index contributed by atoms with van der Waals surface area (Å²) in [5.74, 6) is 1.61. The standard InChI is InChI=1S/C28H37N3O3S.ClH/c1-34-23-9-7-21(8-10-23)20-31-18-14-28(27(31)33)12-16-30(17-13-28)15-11-24(25-6-3-19-35-25)29-26(32)22-4-2-5-22;/h3,6-10,19,22,24H,2,4-5,11-18,20H2,1H3,(H,29,32);1H. The maximum Gasteiger partial charge on any atom is 0.229 e. The average molecular weight is 532 g/mol. The molecule has 8 heteroatoms. The third kappa shape index (κ3) is 5.90. The molecule has 1 N–H and O–H groups in total. The Hall–Kier alpha value is -2.09. The molecule has 0 bridgehead atoms. The number of rotatable bonds is 9. The van der Waals surface area contributed by atoms with E-state index in [1.165, 1.54) is 11.3 Å². The number of halogens is 1. The van der Waals surface area contributed by atoms with Crippen molar-refractivity contribution in [2.24, 2.45) is 11.3 Å². The molecular formula is C28H38ClN3O3S. The lowest BCUT2D eigenvalue weighted by molar-refractivity contribution is -0.139. The van der Waals surface area contributed by atoms with Crippen LogP contribution in [0.2, 0.25) is 0 Å². The molecule has 6 nitrogen and oxygen atoms in total. The van der Waals surface area contributed by atoms with Crippen molar-refractivity contribution >= 4 is 35.6 Å². The van der Waals surface area contributed by atoms with E-state index in [1.54, 1.807) is 18.4 Å². The van der Waals surface area contributed by atoms with Gasteiger partial charge in [0.2, 0.25) is 11.8 Å². The number of amides is 2. The van der Waals surface area contributed by atoms with Crippen LogP contribution in [0.4, 0.5) is 0 Å². The lowest BCUT2D eigenvalue weighted by Gasteiger charge is -2.38. The van der Waals surface area contributed by atoms with Gasteiger partial charge in [0, 0.05) is 30.4 Å². The van der Waals surface area contributed by atoms with Gasteiger partial charge in [0.05, 0.1) is 18.6 Å². The molecule has 1 saturated carbocycles. The Morgan fingerprint density at radius 1 is 1.14 bits per heavy atom. The molecule has 3 aliphatic rings. The summed E-state index contributed by atoms with van der Waals surface area (Å²) in [7, 11) is 1.67. The number of benzene rings is 1. The first-order valence-electron chi connectivity index (χ1n) is 13.0. The summed E-state index contributed by atoms with van der Waals surface area (Å²) in [5.41, 5.74) is 0.964. The zero-order valence-electron chi connectivity index (χ0n) is 21.1. The van der Waals surface area contributed by atoms with Crippen LogP contribution in [0.3, 0.4) is 0 Å². The number of hydrogen-bond acceptors (Lipinski definition) is 5. The predicted molar refractivity (Wildman–Crippen MR) is 146 cm³/mol. The summed E-state index contributed by atoms with van der Waals surface area (Å²) in [6.07, 6.45) is 6.98. The SMILES string of the molecule is COc1ccc(CN2CCC3(CCN(CCC(NC(=O)C4CCC4)c4cccs4)CC3)C2=O)cc1.Cl. The van der Waals surface area contributed by atoms with Gasteiger partial charge in [0.1, 0.15) is 5.75 Å². The molecule has 0 radical (unpaired) electrons. The van der Waals surface area contributed by atoms with Crippen LogP contribution >= 0.6 is 23.7 Å². The lowest BCUT2D eigenvalue weighted by Crippen LogP contribution is -2.45. The minimum absolute atomic E-state index is 0. The van der Waals surface area contributed by atoms with Gasteiger partial charge in [0.15, 0.2) is 0 Å². The molecule has 3 fully saturated rings. The summed E-state index contributed by atoms with van der Waals surface area (Å²) in [4.78, 5) is 31.8. The third-order valence-corrected chi connectivity index (χ3v) is 9.35. The first-order valence-corrected chi connectivity index (χ1v) is 13.9. The van der Waals surface area contributed by atoms with Crippen LogP contribution in [0.25, 0.3) is 0 Å². The number of carbonyl (C=O) groups excluding carboxylic acids is 2. The van der Waals surface area contributed by atoms with E-state index in [4.69, 9.17) is 4.74 Å². The molecule has 5 rings (SSSR count). The maximum absolute atomic E-state index is 13.4. The summed E-state index contributed by atoms with van der Waals surface area (Å²) in [6.45, 7) is 4.38. The second-order valence-electron chi connectivity index (χ2n) is 10.4. The van der Waals surface area contributed by atoms with Crippen molar-refractivity contribution in [3.63, 3.8) is 0 Å². The van der Waals surface area contributed by atoms with Crippen LogP contribution < -0.4 is 10.1 Å². The molecule has 36 heavy (non-hydrogen) atoms. The first-order chi connectivity index (χ1) is 17.1. The van der Waals surface area contributed by atoms with Crippen LogP contribution in [-0.2, 0) is 16.1 Å². The van der Waals surface area contributed by atoms with Gasteiger partial charge >= 0.3 is 0 Å². The molecule has 1 aliphatic carbocycles. The number of hydrogen-bond donors (Lipinski definition) is 1. The van der Waals surface area contributed by atoms with Crippen molar-refractivity contribution in [2.45, 2.75) is 57.5 Å². The van der Waals surface area contributed by atoms with Gasteiger partial charge in [-0.15, -0.1) is 23.7 Å². The molecule has 196 valence electrons. The normalized spacial score (nSPS) is 20.6. The highest BCUT2D eigenvalue weighted by molar-refractivity contribution is 7.10. The van der Waals surface area contributed by atoms with E-state index < -0.39 is 0 Å². The smallest absolute Gasteiger partial charge is 0.229 e. The van der Waals surface area contributed by atoms with Crippen molar-refractivity contribution < 1.29 is 14.3 Å². The number of piperidine rings is 1. The highest BCUT2D eigenvalue weighted by Gasteiger charge is 2.47. The minimum Gasteiger partial charge on any atom is -0.497 e. The van der Waals surface area contributed by atoms with Gasteiger partial charge < -0.3 is 19.9 Å². The largest absolute Gasteiger partial charge is 0.497 e. The van der Waals surface area contributed by atoms with Crippen molar-refractivity contribution in [1.29, 1.82) is 0 Å². The van der Waals surface area contributed by atoms with Gasteiger partial charge in [-0.2, -0.15) is 0 Å². The van der Waals surface area contributed by atoms with Gasteiger partial charge in [0.25, 0.3) is 0 Å². The third-order valence-electron chi connectivity index (χ3n) is 8.36. The average Bonchev–Trinajstić information content (AvgIpc) is 3.48. The lowest BCUT2D eigenvalue weighted by atomic mass is 9.77. The predicted octanol–water partition coefficient (Wildman–Crippen LogP) is 5.04. The molecule has 1 unspecified atom stereocenters. The van der Waals surface area contributed by atoms with Crippen LogP contribution in [0.1, 0.15) is 61.4 Å². The Morgan fingerprint density at radius 3 is 2.47 bits per heavy atom. The first kappa shape index (κ1) is 27.0. The van der Waals surface area contributed by atoms with E-state index in [0.29, 0.717) is 12.5 Å². The molecule has 2 aromatic rings. The molecule has 1 atom stereocenters. The fourth-order valence-corrected chi connectivity index (χ4v) is 6.52. The number of nitrogens with one attached hydrogen (secondary N) is 1. The minimum atomic E-state index is -0.186. The number of nitrogens with zero attached hydrogens (tertiary/aromatic N) is 2. The van der Waals surface area contributed by atoms with Crippen molar-refractivity contribution in [3.05, 3.63) is 52.2 Å². The Balaban J connectivity index is 0.00000304. The number of likely N-dealkylation sites (tertiary alicyclic amines) is 2. The Bertz CT molecular complexity index is 1000. The molecule has 2 amide bonds. The van der Waals surface area contributed by atoms with E-state index in [0.717, 1.165) is 76.0 Å². The quantitative estimate of drug-likeness (QED) is 0.492. The van der Waals surface area contributed by atoms with Gasteiger partial charge in [-0.25, -0.2) is 0 Å². The van der Waals surface area contributed by atoms with Crippen LogP contribution in [-0.4, -0.2) is 54.9 Å². The van der Waals surface area contributed by atoms with Gasteiger partial charge in [-0.1, -0.05) is 24.6 Å². The highest BCUT2D eigenvalue weighted by Crippen LogP contribution is 2.42. The second-order valence-corrected chi connectivity index (χ2v) is 11.4. The monoisotopic (exact) mass is 531 g/mol. The second kappa shape index (κ2) is 12.0. The Labute approximate surface area is 224 Å². The summed E-state index contributed by atoms with van der Waals surface area (Å²) >= 11 is 1.72. The number of carbonyl (C=O) groups is 2. The van der Waals surface area contributed by atoms with E-state index in [-0.39, 0.29) is 35.7 Å². The molecule has 2 saturated heterocycles. The van der Waals surface area contributed by atoms with Crippen molar-refractivity contribution in [2.75, 3.05) is 33.3 Å². The van der Waals surface area contributed by atoms with Crippen molar-refractivity contribution in [1.82, 2.24) is 15.1 Å². The number of methoxy groups -OCH3 is 1. The highest BCUT2D eigenvalue weighted by atomic mass is 35.5. The molecule has 1 aromatic heterocycles. The number of ether oxygens (including phenoxy) is 1. The topological polar surface area (TPSA) is 61.9 Å². The maximum atomic E-state index is 13.4. The van der Waals surface area contributed by atoms with E-state index >= 15 is 0 Å². The fraction of sp³-hybridized carbons (Fsp3) is 0.571. The van der Waals surface area contributed by atoms with Gasteiger partial charge in [-0.05, 0) is 80.8 Å². The van der Waals surface area contributed by atoms with E-state index in [2.05, 4.69) is 27.7 Å². The van der Waals surface area contributed by atoms with Gasteiger partial charge in [-0.3, -0.25) is 9.59 Å². The van der Waals surface area contributed by atoms with E-state index in [1.807, 2.05) is 29.2 Å². The molecule has 1 spiro atoms. The zero-order valence-corrected chi connectivity index (χ0v) is 22.8. The molecule has 3 heterocycles. The zero-order chi connectivity index (χ0) is 24.3. The summed E-state index contributed by atoms with van der Waals surface area (Å²) < 4.78 is 5.25. The van der Waals surface area contributed by atoms with Crippen LogP contribution in [0.15, 0.2) is 41.8 Å². The molecular weight excluding hydrogens is 494 g/mol. The fourth-order valence-electron chi connectivity index (χ4n) is 5.71. The molecule has 1 aromatic carbocycles. The molecule has 2 aliphatic heterocycles. The van der Waals surface area contributed by atoms with E-state index in [9.17, 15) is 9.59 Å². The summed E-state index contributed by atoms with van der Waals surface area (Å²) in [5, 5.41) is 5.42. The van der Waals surface area contributed by atoms with Crippen LogP contribution in [0, 0.1) is 11.3 Å².